The Bertz CT molecular complexity index is 72.2. The van der Waals surface area contributed by atoms with Crippen molar-refractivity contribution in [2.75, 3.05) is 40.8 Å². The van der Waals surface area contributed by atoms with Crippen molar-refractivity contribution in [3.05, 3.63) is 0 Å². The molecule has 0 unspecified atom stereocenters. The number of hydrogen-bond donors (Lipinski definition) is 0. The van der Waals surface area contributed by atoms with Crippen LogP contribution in [0.1, 0.15) is 27.2 Å². The molecule has 2 heteroatoms. The maximum absolute atomic E-state index is 2.36. The van der Waals surface area contributed by atoms with Gasteiger partial charge in [-0.25, -0.2) is 0 Å². The zero-order valence-electron chi connectivity index (χ0n) is 9.72. The summed E-state index contributed by atoms with van der Waals surface area (Å²) in [5.41, 5.74) is 0. The Labute approximate surface area is 78.5 Å². The van der Waals surface area contributed by atoms with Gasteiger partial charge in [-0.2, -0.15) is 0 Å². The molecule has 0 saturated heterocycles. The normalized spacial score (nSPS) is 10.0. The fourth-order valence-corrected chi connectivity index (χ4v) is 0.864. The maximum Gasteiger partial charge on any atom is 0.0106 e. The Morgan fingerprint density at radius 1 is 0.833 bits per heavy atom. The second kappa shape index (κ2) is 10.9. The van der Waals surface area contributed by atoms with Gasteiger partial charge in [0.2, 0.25) is 0 Å². The molecule has 0 saturated carbocycles. The number of likely N-dealkylation sites (N-methyl/N-ethyl adjacent to an activating group) is 2. The van der Waals surface area contributed by atoms with Crippen molar-refractivity contribution in [3.8, 4) is 0 Å². The summed E-state index contributed by atoms with van der Waals surface area (Å²) < 4.78 is 0. The number of nitrogens with zero attached hydrogens (tertiary/aromatic N) is 2. The molecule has 76 valence electrons. The second-order valence-electron chi connectivity index (χ2n) is 3.11. The first-order valence-electron chi connectivity index (χ1n) is 5.00. The standard InChI is InChI=1S/C8H20N2.C2H6/c1-5-6-10(4)8-7-9(2)3;1-2/h5-8H2,1-4H3;1-2H3. The lowest BCUT2D eigenvalue weighted by molar-refractivity contribution is 0.282. The third-order valence-corrected chi connectivity index (χ3v) is 1.53. The van der Waals surface area contributed by atoms with E-state index in [-0.39, 0.29) is 0 Å². The Kier molecular flexibility index (Phi) is 13.1. The lowest BCUT2D eigenvalue weighted by Gasteiger charge is -2.17. The first-order valence-corrected chi connectivity index (χ1v) is 5.00. The molecule has 0 aromatic heterocycles. The van der Waals surface area contributed by atoms with Crippen molar-refractivity contribution in [1.29, 1.82) is 0 Å². The lowest BCUT2D eigenvalue weighted by Crippen LogP contribution is -2.29. The minimum absolute atomic E-state index is 1.16. The van der Waals surface area contributed by atoms with Gasteiger partial charge in [-0.3, -0.25) is 0 Å². The highest BCUT2D eigenvalue weighted by atomic mass is 15.1. The van der Waals surface area contributed by atoms with Crippen LogP contribution in [0.5, 0.6) is 0 Å². The molecule has 0 aliphatic rings. The molecule has 0 radical (unpaired) electrons. The van der Waals surface area contributed by atoms with Gasteiger partial charge in [0.05, 0.1) is 0 Å². The van der Waals surface area contributed by atoms with E-state index in [1.165, 1.54) is 19.5 Å². The monoisotopic (exact) mass is 174 g/mol. The summed E-state index contributed by atoms with van der Waals surface area (Å²) in [5.74, 6) is 0. The Morgan fingerprint density at radius 3 is 1.67 bits per heavy atom. The van der Waals surface area contributed by atoms with Crippen LogP contribution in [0.25, 0.3) is 0 Å². The van der Waals surface area contributed by atoms with Crippen molar-refractivity contribution in [1.82, 2.24) is 9.80 Å². The van der Waals surface area contributed by atoms with Crippen molar-refractivity contribution >= 4 is 0 Å². The highest BCUT2D eigenvalue weighted by Gasteiger charge is 1.95. The van der Waals surface area contributed by atoms with E-state index < -0.39 is 0 Å². The molecule has 0 aromatic rings. The fourth-order valence-electron chi connectivity index (χ4n) is 0.864. The van der Waals surface area contributed by atoms with Crippen molar-refractivity contribution in [2.24, 2.45) is 0 Å². The average Bonchev–Trinajstić information content (AvgIpc) is 2.05. The minimum Gasteiger partial charge on any atom is -0.308 e. The first kappa shape index (κ1) is 14.4. The van der Waals surface area contributed by atoms with Crippen molar-refractivity contribution in [3.63, 3.8) is 0 Å². The van der Waals surface area contributed by atoms with E-state index in [0.29, 0.717) is 0 Å². The molecule has 0 N–H and O–H groups in total. The zero-order valence-corrected chi connectivity index (χ0v) is 9.72. The topological polar surface area (TPSA) is 6.48 Å². The van der Waals surface area contributed by atoms with E-state index in [0.717, 1.165) is 6.54 Å². The molecule has 0 amide bonds. The predicted molar refractivity (Wildman–Crippen MR) is 57.7 cm³/mol. The third-order valence-electron chi connectivity index (χ3n) is 1.53. The molecule has 0 aliphatic carbocycles. The van der Waals surface area contributed by atoms with E-state index in [1.807, 2.05) is 13.8 Å². The van der Waals surface area contributed by atoms with Gasteiger partial charge in [0.25, 0.3) is 0 Å². The molecule has 0 aliphatic heterocycles. The molecule has 0 rings (SSSR count). The molecule has 0 aromatic carbocycles. The Hall–Kier alpha value is -0.0800. The van der Waals surface area contributed by atoms with Gasteiger partial charge in [0.15, 0.2) is 0 Å². The van der Waals surface area contributed by atoms with Crippen LogP contribution in [0.15, 0.2) is 0 Å². The summed E-state index contributed by atoms with van der Waals surface area (Å²) in [6, 6.07) is 0. The fraction of sp³-hybridized carbons (Fsp3) is 1.00. The second-order valence-corrected chi connectivity index (χ2v) is 3.11. The molecular weight excluding hydrogens is 148 g/mol. The van der Waals surface area contributed by atoms with E-state index in [1.54, 1.807) is 0 Å². The van der Waals surface area contributed by atoms with E-state index in [2.05, 4.69) is 37.9 Å². The highest BCUT2D eigenvalue weighted by Crippen LogP contribution is 1.85. The number of hydrogen-bond acceptors (Lipinski definition) is 2. The van der Waals surface area contributed by atoms with Gasteiger partial charge in [0, 0.05) is 13.1 Å². The largest absolute Gasteiger partial charge is 0.308 e. The van der Waals surface area contributed by atoms with Crippen LogP contribution < -0.4 is 0 Å². The summed E-state index contributed by atoms with van der Waals surface area (Å²) in [6.07, 6.45) is 1.25. The molecule has 0 atom stereocenters. The van der Waals surface area contributed by atoms with Gasteiger partial charge in [0.1, 0.15) is 0 Å². The van der Waals surface area contributed by atoms with Gasteiger partial charge in [-0.15, -0.1) is 0 Å². The van der Waals surface area contributed by atoms with Crippen molar-refractivity contribution < 1.29 is 0 Å². The number of rotatable bonds is 5. The van der Waals surface area contributed by atoms with Gasteiger partial charge in [-0.1, -0.05) is 20.8 Å². The van der Waals surface area contributed by atoms with Gasteiger partial charge < -0.3 is 9.80 Å². The van der Waals surface area contributed by atoms with Gasteiger partial charge in [-0.05, 0) is 34.1 Å². The quantitative estimate of drug-likeness (QED) is 0.628. The Morgan fingerprint density at radius 2 is 1.33 bits per heavy atom. The summed E-state index contributed by atoms with van der Waals surface area (Å²) in [6.45, 7) is 9.78. The molecule has 0 fully saturated rings. The van der Waals surface area contributed by atoms with Crippen LogP contribution in [0.3, 0.4) is 0 Å². The average molecular weight is 174 g/mol. The molecule has 0 bridgehead atoms. The summed E-state index contributed by atoms with van der Waals surface area (Å²) in [5, 5.41) is 0. The van der Waals surface area contributed by atoms with Crippen LogP contribution in [0.4, 0.5) is 0 Å². The van der Waals surface area contributed by atoms with Crippen LogP contribution >= 0.6 is 0 Å². The third kappa shape index (κ3) is 12.6. The molecular formula is C10H26N2. The van der Waals surface area contributed by atoms with Gasteiger partial charge >= 0.3 is 0 Å². The van der Waals surface area contributed by atoms with Crippen LogP contribution in [0, 0.1) is 0 Å². The molecule has 0 heterocycles. The van der Waals surface area contributed by atoms with Crippen LogP contribution in [-0.2, 0) is 0 Å². The van der Waals surface area contributed by atoms with Crippen molar-refractivity contribution in [2.45, 2.75) is 27.2 Å². The van der Waals surface area contributed by atoms with E-state index in [4.69, 9.17) is 0 Å². The Balaban J connectivity index is 0. The summed E-state index contributed by atoms with van der Waals surface area (Å²) in [4.78, 5) is 4.58. The minimum atomic E-state index is 1.16. The molecule has 2 nitrogen and oxygen atoms in total. The SMILES string of the molecule is CC.CCCN(C)CCN(C)C. The highest BCUT2D eigenvalue weighted by molar-refractivity contribution is 4.51. The first-order chi connectivity index (χ1) is 5.66. The van der Waals surface area contributed by atoms with Crippen LogP contribution in [0.2, 0.25) is 0 Å². The molecule has 0 spiro atoms. The smallest absolute Gasteiger partial charge is 0.0106 e. The molecule has 12 heavy (non-hydrogen) atoms. The lowest BCUT2D eigenvalue weighted by atomic mass is 10.4. The van der Waals surface area contributed by atoms with E-state index in [9.17, 15) is 0 Å². The zero-order chi connectivity index (χ0) is 9.98. The predicted octanol–water partition coefficient (Wildman–Crippen LogP) is 1.92. The summed E-state index contributed by atoms with van der Waals surface area (Å²) >= 11 is 0. The summed E-state index contributed by atoms with van der Waals surface area (Å²) in [7, 11) is 6.40. The maximum atomic E-state index is 2.36. The van der Waals surface area contributed by atoms with E-state index >= 15 is 0 Å². The van der Waals surface area contributed by atoms with Crippen LogP contribution in [-0.4, -0.2) is 50.6 Å².